The van der Waals surface area contributed by atoms with E-state index in [1.807, 2.05) is 30.9 Å². The average Bonchev–Trinajstić information content (AvgIpc) is 2.45. The van der Waals surface area contributed by atoms with E-state index in [1.165, 1.54) is 5.56 Å². The van der Waals surface area contributed by atoms with Gasteiger partial charge in [0, 0.05) is 19.5 Å². The van der Waals surface area contributed by atoms with Gasteiger partial charge in [-0.3, -0.25) is 4.79 Å². The number of benzene rings is 1. The molecule has 0 aromatic heterocycles. The van der Waals surface area contributed by atoms with Crippen LogP contribution >= 0.6 is 0 Å². The van der Waals surface area contributed by atoms with E-state index in [0.29, 0.717) is 6.42 Å². The Morgan fingerprint density at radius 2 is 1.74 bits per heavy atom. The van der Waals surface area contributed by atoms with Gasteiger partial charge in [0.1, 0.15) is 5.75 Å². The highest BCUT2D eigenvalue weighted by Crippen LogP contribution is 2.13. The molecule has 1 amide bonds. The van der Waals surface area contributed by atoms with Gasteiger partial charge in [-0.1, -0.05) is 12.1 Å². The molecule has 0 N–H and O–H groups in total. The van der Waals surface area contributed by atoms with Crippen molar-refractivity contribution in [3.05, 3.63) is 29.8 Å². The third-order valence-corrected chi connectivity index (χ3v) is 3.38. The Balaban J connectivity index is 2.24. The minimum absolute atomic E-state index is 0.278. The summed E-state index contributed by atoms with van der Waals surface area (Å²) in [5.74, 6) is 1.17. The van der Waals surface area contributed by atoms with Gasteiger partial charge in [-0.2, -0.15) is 0 Å². The Morgan fingerprint density at radius 3 is 2.26 bits per heavy atom. The van der Waals surface area contributed by atoms with Crippen molar-refractivity contribution in [3.8, 4) is 5.75 Å². The minimum atomic E-state index is 0.278. The largest absolute Gasteiger partial charge is 0.497 e. The van der Waals surface area contributed by atoms with Crippen LogP contribution in [0.2, 0.25) is 0 Å². The molecule has 3 nitrogen and oxygen atoms in total. The van der Waals surface area contributed by atoms with E-state index in [2.05, 4.69) is 12.1 Å². The van der Waals surface area contributed by atoms with E-state index in [-0.39, 0.29) is 5.91 Å². The van der Waals surface area contributed by atoms with Gasteiger partial charge in [-0.25, -0.2) is 0 Å². The summed E-state index contributed by atoms with van der Waals surface area (Å²) in [6.07, 6.45) is 3.70. The normalized spacial score (nSPS) is 10.3. The van der Waals surface area contributed by atoms with Crippen molar-refractivity contribution >= 4 is 5.91 Å². The summed E-state index contributed by atoms with van der Waals surface area (Å²) in [5, 5.41) is 0. The lowest BCUT2D eigenvalue weighted by atomic mass is 10.1. The molecule has 0 aliphatic carbocycles. The van der Waals surface area contributed by atoms with Crippen LogP contribution < -0.4 is 4.74 Å². The fourth-order valence-electron chi connectivity index (χ4n) is 2.13. The van der Waals surface area contributed by atoms with Gasteiger partial charge in [0.25, 0.3) is 0 Å². The topological polar surface area (TPSA) is 29.5 Å². The van der Waals surface area contributed by atoms with Gasteiger partial charge in [-0.05, 0) is 50.8 Å². The highest BCUT2D eigenvalue weighted by molar-refractivity contribution is 5.76. The number of methoxy groups -OCH3 is 1. The molecule has 19 heavy (non-hydrogen) atoms. The van der Waals surface area contributed by atoms with Crippen LogP contribution in [-0.2, 0) is 11.2 Å². The second-order valence-corrected chi connectivity index (χ2v) is 4.62. The van der Waals surface area contributed by atoms with E-state index in [0.717, 1.165) is 38.1 Å². The van der Waals surface area contributed by atoms with E-state index >= 15 is 0 Å². The van der Waals surface area contributed by atoms with Crippen molar-refractivity contribution < 1.29 is 9.53 Å². The van der Waals surface area contributed by atoms with Crippen LogP contribution in [0.25, 0.3) is 0 Å². The number of hydrogen-bond acceptors (Lipinski definition) is 2. The number of amides is 1. The average molecular weight is 263 g/mol. The number of carbonyl (C=O) groups is 1. The standard InChI is InChI=1S/C16H25NO2/c1-4-17(5-2)16(18)9-7-6-8-14-10-12-15(19-3)13-11-14/h10-13H,4-9H2,1-3H3. The molecule has 0 radical (unpaired) electrons. The lowest BCUT2D eigenvalue weighted by Gasteiger charge is -2.18. The number of unbranched alkanes of at least 4 members (excludes halogenated alkanes) is 1. The molecular formula is C16H25NO2. The Labute approximate surface area is 116 Å². The van der Waals surface area contributed by atoms with Gasteiger partial charge < -0.3 is 9.64 Å². The number of rotatable bonds is 8. The lowest BCUT2D eigenvalue weighted by Crippen LogP contribution is -2.30. The fourth-order valence-corrected chi connectivity index (χ4v) is 2.13. The van der Waals surface area contributed by atoms with E-state index < -0.39 is 0 Å². The molecule has 0 heterocycles. The number of aryl methyl sites for hydroxylation is 1. The maximum absolute atomic E-state index is 11.8. The van der Waals surface area contributed by atoms with E-state index in [4.69, 9.17) is 4.74 Å². The highest BCUT2D eigenvalue weighted by atomic mass is 16.5. The summed E-state index contributed by atoms with van der Waals surface area (Å²) in [7, 11) is 1.67. The van der Waals surface area contributed by atoms with E-state index in [1.54, 1.807) is 7.11 Å². The van der Waals surface area contributed by atoms with Crippen LogP contribution in [0.15, 0.2) is 24.3 Å². The molecule has 0 saturated heterocycles. The quantitative estimate of drug-likeness (QED) is 0.674. The van der Waals surface area contributed by atoms with Gasteiger partial charge in [0.15, 0.2) is 0 Å². The number of nitrogens with zero attached hydrogens (tertiary/aromatic N) is 1. The molecule has 0 spiro atoms. The first-order chi connectivity index (χ1) is 9.21. The van der Waals surface area contributed by atoms with Gasteiger partial charge in [-0.15, -0.1) is 0 Å². The van der Waals surface area contributed by atoms with Crippen molar-refractivity contribution in [2.75, 3.05) is 20.2 Å². The maximum atomic E-state index is 11.8. The molecule has 1 aromatic rings. The van der Waals surface area contributed by atoms with Crippen LogP contribution in [-0.4, -0.2) is 31.0 Å². The predicted molar refractivity (Wildman–Crippen MR) is 78.5 cm³/mol. The van der Waals surface area contributed by atoms with Gasteiger partial charge >= 0.3 is 0 Å². The molecule has 0 atom stereocenters. The number of carbonyl (C=O) groups excluding carboxylic acids is 1. The van der Waals surface area contributed by atoms with Crippen LogP contribution in [0.1, 0.15) is 38.7 Å². The first-order valence-electron chi connectivity index (χ1n) is 7.12. The van der Waals surface area contributed by atoms with Crippen molar-refractivity contribution in [1.82, 2.24) is 4.90 Å². The first kappa shape index (κ1) is 15.5. The lowest BCUT2D eigenvalue weighted by molar-refractivity contribution is -0.130. The third-order valence-electron chi connectivity index (χ3n) is 3.38. The smallest absolute Gasteiger partial charge is 0.222 e. The van der Waals surface area contributed by atoms with Crippen molar-refractivity contribution in [1.29, 1.82) is 0 Å². The van der Waals surface area contributed by atoms with Crippen molar-refractivity contribution in [2.24, 2.45) is 0 Å². The van der Waals surface area contributed by atoms with Gasteiger partial charge in [0.05, 0.1) is 7.11 Å². The summed E-state index contributed by atoms with van der Waals surface area (Å²) in [6.45, 7) is 5.68. The Hall–Kier alpha value is -1.51. The first-order valence-corrected chi connectivity index (χ1v) is 7.12. The SMILES string of the molecule is CCN(CC)C(=O)CCCCc1ccc(OC)cc1. The van der Waals surface area contributed by atoms with Crippen LogP contribution in [0.4, 0.5) is 0 Å². The third kappa shape index (κ3) is 5.33. The van der Waals surface area contributed by atoms with Crippen LogP contribution in [0.5, 0.6) is 5.75 Å². The zero-order valence-electron chi connectivity index (χ0n) is 12.3. The summed E-state index contributed by atoms with van der Waals surface area (Å²) < 4.78 is 5.13. The molecule has 0 bridgehead atoms. The number of ether oxygens (including phenoxy) is 1. The van der Waals surface area contributed by atoms with Crippen molar-refractivity contribution in [2.45, 2.75) is 39.5 Å². The molecular weight excluding hydrogens is 238 g/mol. The van der Waals surface area contributed by atoms with Crippen LogP contribution in [0.3, 0.4) is 0 Å². The zero-order valence-corrected chi connectivity index (χ0v) is 12.3. The second kappa shape index (κ2) is 8.57. The minimum Gasteiger partial charge on any atom is -0.497 e. The maximum Gasteiger partial charge on any atom is 0.222 e. The highest BCUT2D eigenvalue weighted by Gasteiger charge is 2.08. The molecule has 1 aromatic carbocycles. The Kier molecular flexibility index (Phi) is 7.01. The fraction of sp³-hybridized carbons (Fsp3) is 0.562. The number of hydrogen-bond donors (Lipinski definition) is 0. The molecule has 0 saturated carbocycles. The molecule has 0 fully saturated rings. The summed E-state index contributed by atoms with van der Waals surface area (Å²) in [6, 6.07) is 8.14. The molecule has 106 valence electrons. The van der Waals surface area contributed by atoms with Crippen LogP contribution in [0, 0.1) is 0 Å². The van der Waals surface area contributed by atoms with Crippen molar-refractivity contribution in [3.63, 3.8) is 0 Å². The summed E-state index contributed by atoms with van der Waals surface area (Å²) in [4.78, 5) is 13.7. The Bertz CT molecular complexity index is 369. The zero-order chi connectivity index (χ0) is 14.1. The monoisotopic (exact) mass is 263 g/mol. The molecule has 1 rings (SSSR count). The van der Waals surface area contributed by atoms with E-state index in [9.17, 15) is 4.79 Å². The summed E-state index contributed by atoms with van der Waals surface area (Å²) in [5.41, 5.74) is 1.30. The second-order valence-electron chi connectivity index (χ2n) is 4.62. The molecule has 0 aliphatic rings. The molecule has 0 unspecified atom stereocenters. The summed E-state index contributed by atoms with van der Waals surface area (Å²) >= 11 is 0. The molecule has 0 aliphatic heterocycles. The van der Waals surface area contributed by atoms with Gasteiger partial charge in [0.2, 0.25) is 5.91 Å². The Morgan fingerprint density at radius 1 is 1.11 bits per heavy atom. The molecule has 3 heteroatoms. The predicted octanol–water partition coefficient (Wildman–Crippen LogP) is 3.28.